The smallest absolute Gasteiger partial charge is 0.257 e. The highest BCUT2D eigenvalue weighted by Crippen LogP contribution is 2.20. The third kappa shape index (κ3) is 3.61. The number of anilines is 2. The molecule has 4 nitrogen and oxygen atoms in total. The van der Waals surface area contributed by atoms with E-state index < -0.39 is 0 Å². The molecule has 1 amide bonds. The van der Waals surface area contributed by atoms with Crippen LogP contribution in [0.15, 0.2) is 42.5 Å². The Hall–Kier alpha value is -2.33. The van der Waals surface area contributed by atoms with Crippen molar-refractivity contribution in [3.63, 3.8) is 0 Å². The standard InChI is InChI=1S/C17H21N3O/c1-11(2)13-5-7-14(8-6-13)19-17(21)15-10-12(3)4-9-16(15)20-18/h4-11,20H,18H2,1-3H3,(H,19,21). The molecule has 0 saturated heterocycles. The summed E-state index contributed by atoms with van der Waals surface area (Å²) in [5, 5.41) is 2.89. The van der Waals surface area contributed by atoms with Crippen LogP contribution in [0.2, 0.25) is 0 Å². The van der Waals surface area contributed by atoms with Gasteiger partial charge >= 0.3 is 0 Å². The predicted molar refractivity (Wildman–Crippen MR) is 87.5 cm³/mol. The van der Waals surface area contributed by atoms with Crippen LogP contribution in [0.4, 0.5) is 11.4 Å². The normalized spacial score (nSPS) is 10.5. The first-order chi connectivity index (χ1) is 10.0. The van der Waals surface area contributed by atoms with E-state index in [1.165, 1.54) is 5.56 Å². The van der Waals surface area contributed by atoms with Crippen molar-refractivity contribution in [2.45, 2.75) is 26.7 Å². The molecule has 0 aromatic heterocycles. The average Bonchev–Trinajstić information content (AvgIpc) is 2.47. The van der Waals surface area contributed by atoms with E-state index in [1.807, 2.05) is 43.3 Å². The Bertz CT molecular complexity index is 633. The highest BCUT2D eigenvalue weighted by Gasteiger charge is 2.11. The average molecular weight is 283 g/mol. The Morgan fingerprint density at radius 1 is 1.10 bits per heavy atom. The van der Waals surface area contributed by atoms with Crippen LogP contribution in [0.5, 0.6) is 0 Å². The summed E-state index contributed by atoms with van der Waals surface area (Å²) in [7, 11) is 0. The summed E-state index contributed by atoms with van der Waals surface area (Å²) < 4.78 is 0. The second-order valence-corrected chi connectivity index (χ2v) is 5.42. The van der Waals surface area contributed by atoms with Crippen LogP contribution in [0.25, 0.3) is 0 Å². The molecule has 4 heteroatoms. The predicted octanol–water partition coefficient (Wildman–Crippen LogP) is 3.66. The molecule has 4 N–H and O–H groups in total. The molecule has 21 heavy (non-hydrogen) atoms. The third-order valence-corrected chi connectivity index (χ3v) is 3.41. The number of amides is 1. The van der Waals surface area contributed by atoms with Gasteiger partial charge in [0.2, 0.25) is 0 Å². The van der Waals surface area contributed by atoms with E-state index in [2.05, 4.69) is 24.6 Å². The number of hydrogen-bond acceptors (Lipinski definition) is 3. The summed E-state index contributed by atoms with van der Waals surface area (Å²) in [6.45, 7) is 6.22. The number of aryl methyl sites for hydroxylation is 1. The van der Waals surface area contributed by atoms with Gasteiger partial charge in [0, 0.05) is 5.69 Å². The summed E-state index contributed by atoms with van der Waals surface area (Å²) in [6, 6.07) is 13.4. The molecular weight excluding hydrogens is 262 g/mol. The zero-order valence-electron chi connectivity index (χ0n) is 12.6. The Morgan fingerprint density at radius 2 is 1.76 bits per heavy atom. The molecule has 0 aliphatic heterocycles. The van der Waals surface area contributed by atoms with Crippen LogP contribution in [0.3, 0.4) is 0 Å². The number of benzene rings is 2. The second-order valence-electron chi connectivity index (χ2n) is 5.42. The molecule has 0 atom stereocenters. The molecule has 2 rings (SSSR count). The van der Waals surface area contributed by atoms with Gasteiger partial charge in [-0.1, -0.05) is 37.6 Å². The first kappa shape index (κ1) is 15.1. The fourth-order valence-corrected chi connectivity index (χ4v) is 2.12. The topological polar surface area (TPSA) is 67.1 Å². The van der Waals surface area contributed by atoms with Gasteiger partial charge in [-0.15, -0.1) is 0 Å². The highest BCUT2D eigenvalue weighted by atomic mass is 16.1. The fourth-order valence-electron chi connectivity index (χ4n) is 2.12. The zero-order valence-corrected chi connectivity index (χ0v) is 12.6. The van der Waals surface area contributed by atoms with Crippen molar-refractivity contribution in [1.29, 1.82) is 0 Å². The molecular formula is C17H21N3O. The summed E-state index contributed by atoms with van der Waals surface area (Å²) in [5.41, 5.74) is 6.72. The Kier molecular flexibility index (Phi) is 4.60. The lowest BCUT2D eigenvalue weighted by molar-refractivity contribution is 0.102. The van der Waals surface area contributed by atoms with Crippen molar-refractivity contribution in [3.05, 3.63) is 59.2 Å². The van der Waals surface area contributed by atoms with Crippen LogP contribution < -0.4 is 16.6 Å². The summed E-state index contributed by atoms with van der Waals surface area (Å²) >= 11 is 0. The number of hydrogen-bond donors (Lipinski definition) is 3. The molecule has 0 radical (unpaired) electrons. The fraction of sp³-hybridized carbons (Fsp3) is 0.235. The Labute approximate surface area is 125 Å². The molecule has 110 valence electrons. The van der Waals surface area contributed by atoms with Crippen molar-refractivity contribution in [1.82, 2.24) is 0 Å². The van der Waals surface area contributed by atoms with E-state index >= 15 is 0 Å². The molecule has 0 spiro atoms. The highest BCUT2D eigenvalue weighted by molar-refractivity contribution is 6.08. The van der Waals surface area contributed by atoms with E-state index in [0.717, 1.165) is 11.3 Å². The van der Waals surface area contributed by atoms with Crippen molar-refractivity contribution < 1.29 is 4.79 Å². The summed E-state index contributed by atoms with van der Waals surface area (Å²) in [4.78, 5) is 12.4. The first-order valence-electron chi connectivity index (χ1n) is 7.00. The van der Waals surface area contributed by atoms with E-state index in [9.17, 15) is 4.79 Å². The van der Waals surface area contributed by atoms with Gasteiger partial charge in [0.05, 0.1) is 11.3 Å². The number of nitrogens with two attached hydrogens (primary N) is 1. The van der Waals surface area contributed by atoms with E-state index in [-0.39, 0.29) is 5.91 Å². The van der Waals surface area contributed by atoms with Gasteiger partial charge in [0.1, 0.15) is 0 Å². The number of hydrazine groups is 1. The molecule has 2 aromatic carbocycles. The minimum atomic E-state index is -0.177. The number of nitrogens with one attached hydrogen (secondary N) is 2. The van der Waals surface area contributed by atoms with Gasteiger partial charge in [0.15, 0.2) is 0 Å². The minimum absolute atomic E-state index is 0.177. The quantitative estimate of drug-likeness (QED) is 0.592. The van der Waals surface area contributed by atoms with E-state index in [1.54, 1.807) is 6.07 Å². The van der Waals surface area contributed by atoms with E-state index in [4.69, 9.17) is 5.84 Å². The molecule has 0 fully saturated rings. The first-order valence-corrected chi connectivity index (χ1v) is 7.00. The van der Waals surface area contributed by atoms with Crippen LogP contribution in [0, 0.1) is 6.92 Å². The second kappa shape index (κ2) is 6.41. The van der Waals surface area contributed by atoms with Crippen LogP contribution in [-0.4, -0.2) is 5.91 Å². The van der Waals surface area contributed by atoms with E-state index in [0.29, 0.717) is 17.2 Å². The number of carbonyl (C=O) groups excluding carboxylic acids is 1. The van der Waals surface area contributed by atoms with Gasteiger partial charge in [-0.25, -0.2) is 0 Å². The molecule has 0 aliphatic carbocycles. The van der Waals surface area contributed by atoms with Crippen molar-refractivity contribution in [3.8, 4) is 0 Å². The van der Waals surface area contributed by atoms with Gasteiger partial charge in [-0.05, 0) is 42.7 Å². The number of carbonyl (C=O) groups is 1. The number of nitrogen functional groups attached to an aromatic ring is 1. The van der Waals surface area contributed by atoms with Crippen LogP contribution in [-0.2, 0) is 0 Å². The molecule has 2 aromatic rings. The lowest BCUT2D eigenvalue weighted by Crippen LogP contribution is -2.17. The Balaban J connectivity index is 2.19. The largest absolute Gasteiger partial charge is 0.323 e. The lowest BCUT2D eigenvalue weighted by atomic mass is 10.0. The van der Waals surface area contributed by atoms with Crippen molar-refractivity contribution in [2.24, 2.45) is 5.84 Å². The SMILES string of the molecule is Cc1ccc(NN)c(C(=O)Nc2ccc(C(C)C)cc2)c1. The maximum atomic E-state index is 12.4. The van der Waals surface area contributed by atoms with Gasteiger partial charge in [-0.2, -0.15) is 0 Å². The maximum absolute atomic E-state index is 12.4. The van der Waals surface area contributed by atoms with Gasteiger partial charge in [0.25, 0.3) is 5.91 Å². The molecule has 0 saturated carbocycles. The van der Waals surface area contributed by atoms with Crippen molar-refractivity contribution in [2.75, 3.05) is 10.7 Å². The van der Waals surface area contributed by atoms with Gasteiger partial charge in [-0.3, -0.25) is 10.6 Å². The van der Waals surface area contributed by atoms with Gasteiger partial charge < -0.3 is 10.7 Å². The summed E-state index contributed by atoms with van der Waals surface area (Å²) in [6.07, 6.45) is 0. The van der Waals surface area contributed by atoms with Crippen LogP contribution >= 0.6 is 0 Å². The molecule has 0 unspecified atom stereocenters. The lowest BCUT2D eigenvalue weighted by Gasteiger charge is -2.11. The van der Waals surface area contributed by atoms with Crippen LogP contribution in [0.1, 0.15) is 41.3 Å². The minimum Gasteiger partial charge on any atom is -0.323 e. The maximum Gasteiger partial charge on any atom is 0.257 e. The number of rotatable bonds is 4. The zero-order chi connectivity index (χ0) is 15.4. The molecule has 0 bridgehead atoms. The third-order valence-electron chi connectivity index (χ3n) is 3.41. The molecule has 0 heterocycles. The Morgan fingerprint density at radius 3 is 2.33 bits per heavy atom. The molecule has 0 aliphatic rings. The monoisotopic (exact) mass is 283 g/mol. The summed E-state index contributed by atoms with van der Waals surface area (Å²) in [5.74, 6) is 5.75. The van der Waals surface area contributed by atoms with Crippen molar-refractivity contribution >= 4 is 17.3 Å².